The molecule has 1 aliphatic heterocycles. The Hall–Kier alpha value is -2.94. The molecule has 1 N–H and O–H groups in total. The molecule has 1 fully saturated rings. The van der Waals surface area contributed by atoms with E-state index in [0.717, 1.165) is 31.8 Å². The van der Waals surface area contributed by atoms with Gasteiger partial charge in [-0.1, -0.05) is 0 Å². The number of aromatic amines is 1. The number of aromatic nitrogens is 5. The van der Waals surface area contributed by atoms with Gasteiger partial charge in [-0.25, -0.2) is 14.5 Å². The Balaban J connectivity index is 1.61. The molecule has 3 aromatic rings. The lowest BCUT2D eigenvalue weighted by molar-refractivity contribution is 0.209. The van der Waals surface area contributed by atoms with Crippen molar-refractivity contribution in [2.24, 2.45) is 0 Å². The zero-order valence-corrected chi connectivity index (χ0v) is 15.2. The second kappa shape index (κ2) is 7.36. The van der Waals surface area contributed by atoms with Crippen molar-refractivity contribution in [3.63, 3.8) is 0 Å². The molecule has 0 radical (unpaired) electrons. The Labute approximate surface area is 155 Å². The number of H-pyrrole nitrogens is 1. The van der Waals surface area contributed by atoms with E-state index in [1.54, 1.807) is 6.26 Å². The lowest BCUT2D eigenvalue weighted by Gasteiger charge is -2.29. The standard InChI is InChI=1S/C18H22N6O3/c1-22-8-4-13(5-9-22)24-15(19-17(21-24)14-3-2-12-27-14)6-10-23-11-7-16(25)20-18(23)26/h2-3,7,11-13H,4-6,8-10H2,1H3,(H,20,25,26). The highest BCUT2D eigenvalue weighted by molar-refractivity contribution is 5.45. The maximum absolute atomic E-state index is 11.9. The Morgan fingerprint density at radius 2 is 2.07 bits per heavy atom. The Morgan fingerprint density at radius 1 is 1.26 bits per heavy atom. The summed E-state index contributed by atoms with van der Waals surface area (Å²) in [6, 6.07) is 5.27. The molecule has 1 saturated heterocycles. The number of rotatable bonds is 5. The van der Waals surface area contributed by atoms with E-state index in [2.05, 4.69) is 21.9 Å². The van der Waals surface area contributed by atoms with Crippen LogP contribution in [0.15, 0.2) is 44.7 Å². The van der Waals surface area contributed by atoms with Gasteiger partial charge >= 0.3 is 5.69 Å². The van der Waals surface area contributed by atoms with Crippen LogP contribution in [0.2, 0.25) is 0 Å². The van der Waals surface area contributed by atoms with Crippen molar-refractivity contribution in [3.05, 3.63) is 57.3 Å². The minimum atomic E-state index is -0.417. The van der Waals surface area contributed by atoms with Gasteiger partial charge in [0.15, 0.2) is 5.76 Å². The summed E-state index contributed by atoms with van der Waals surface area (Å²) >= 11 is 0. The molecule has 4 heterocycles. The van der Waals surface area contributed by atoms with Crippen LogP contribution in [-0.2, 0) is 13.0 Å². The lowest BCUT2D eigenvalue weighted by Crippen LogP contribution is -2.33. The number of nitrogens with one attached hydrogen (secondary N) is 1. The van der Waals surface area contributed by atoms with Crippen molar-refractivity contribution in [3.8, 4) is 11.6 Å². The van der Waals surface area contributed by atoms with Gasteiger partial charge in [0.25, 0.3) is 5.56 Å². The van der Waals surface area contributed by atoms with E-state index in [9.17, 15) is 9.59 Å². The molecule has 0 bridgehead atoms. The van der Waals surface area contributed by atoms with Crippen molar-refractivity contribution in [2.45, 2.75) is 31.8 Å². The Bertz CT molecular complexity index is 1010. The number of nitrogens with zero attached hydrogens (tertiary/aromatic N) is 5. The molecule has 0 saturated carbocycles. The molecule has 3 aromatic heterocycles. The van der Waals surface area contributed by atoms with Crippen LogP contribution in [0.1, 0.15) is 24.7 Å². The summed E-state index contributed by atoms with van der Waals surface area (Å²) in [5.74, 6) is 2.00. The highest BCUT2D eigenvalue weighted by Crippen LogP contribution is 2.25. The molecule has 1 aliphatic rings. The maximum atomic E-state index is 11.9. The van der Waals surface area contributed by atoms with E-state index in [-0.39, 0.29) is 6.04 Å². The van der Waals surface area contributed by atoms with Crippen LogP contribution in [0, 0.1) is 0 Å². The Kier molecular flexibility index (Phi) is 4.76. The molecule has 0 atom stereocenters. The molecule has 0 amide bonds. The van der Waals surface area contributed by atoms with Crippen molar-refractivity contribution in [1.29, 1.82) is 0 Å². The summed E-state index contributed by atoms with van der Waals surface area (Å²) < 4.78 is 8.91. The van der Waals surface area contributed by atoms with Crippen LogP contribution in [0.4, 0.5) is 0 Å². The first-order valence-corrected chi connectivity index (χ1v) is 9.08. The fourth-order valence-electron chi connectivity index (χ4n) is 3.41. The summed E-state index contributed by atoms with van der Waals surface area (Å²) in [6.45, 7) is 2.44. The van der Waals surface area contributed by atoms with Crippen LogP contribution < -0.4 is 11.2 Å². The van der Waals surface area contributed by atoms with Crippen molar-refractivity contribution >= 4 is 0 Å². The third kappa shape index (κ3) is 3.77. The first-order valence-electron chi connectivity index (χ1n) is 9.08. The van der Waals surface area contributed by atoms with Crippen molar-refractivity contribution in [1.82, 2.24) is 29.2 Å². The Morgan fingerprint density at radius 3 is 2.78 bits per heavy atom. The minimum Gasteiger partial charge on any atom is -0.461 e. The van der Waals surface area contributed by atoms with Gasteiger partial charge in [-0.05, 0) is 45.1 Å². The SMILES string of the molecule is CN1CCC(n2nc(-c3ccco3)nc2CCn2ccc(=O)[nH]c2=O)CC1. The normalized spacial score (nSPS) is 16.0. The first-order chi connectivity index (χ1) is 13.1. The summed E-state index contributed by atoms with van der Waals surface area (Å²) in [5.41, 5.74) is -0.815. The molecule has 0 spiro atoms. The number of furan rings is 1. The topological polar surface area (TPSA) is 102 Å². The van der Waals surface area contributed by atoms with Gasteiger partial charge in [-0.15, -0.1) is 5.10 Å². The molecular formula is C18H22N6O3. The van der Waals surface area contributed by atoms with Gasteiger partial charge in [0, 0.05) is 25.2 Å². The predicted molar refractivity (Wildman–Crippen MR) is 98.5 cm³/mol. The summed E-state index contributed by atoms with van der Waals surface area (Å²) in [4.78, 5) is 32.4. The third-order valence-electron chi connectivity index (χ3n) is 4.95. The maximum Gasteiger partial charge on any atom is 0.328 e. The molecule has 4 rings (SSSR count). The number of likely N-dealkylation sites (tertiary alicyclic amines) is 1. The second-order valence-corrected chi connectivity index (χ2v) is 6.86. The number of hydrogen-bond donors (Lipinski definition) is 1. The van der Waals surface area contributed by atoms with Crippen LogP contribution in [0.3, 0.4) is 0 Å². The summed E-state index contributed by atoms with van der Waals surface area (Å²) in [7, 11) is 2.12. The van der Waals surface area contributed by atoms with Gasteiger partial charge in [-0.2, -0.15) is 0 Å². The van der Waals surface area contributed by atoms with E-state index in [0.29, 0.717) is 24.6 Å². The molecule has 142 valence electrons. The zero-order valence-electron chi connectivity index (χ0n) is 15.2. The van der Waals surface area contributed by atoms with Gasteiger partial charge in [0.2, 0.25) is 5.82 Å². The van der Waals surface area contributed by atoms with Crippen LogP contribution >= 0.6 is 0 Å². The number of piperidine rings is 1. The minimum absolute atomic E-state index is 0.278. The van der Waals surface area contributed by atoms with Crippen LogP contribution in [0.5, 0.6) is 0 Å². The van der Waals surface area contributed by atoms with E-state index in [4.69, 9.17) is 9.52 Å². The fraction of sp³-hybridized carbons (Fsp3) is 0.444. The molecule has 9 nitrogen and oxygen atoms in total. The molecule has 0 aliphatic carbocycles. The predicted octanol–water partition coefficient (Wildman–Crippen LogP) is 0.898. The lowest BCUT2D eigenvalue weighted by atomic mass is 10.1. The van der Waals surface area contributed by atoms with E-state index < -0.39 is 11.2 Å². The smallest absolute Gasteiger partial charge is 0.328 e. The highest BCUT2D eigenvalue weighted by atomic mass is 16.3. The van der Waals surface area contributed by atoms with E-state index in [1.165, 1.54) is 16.8 Å². The quantitative estimate of drug-likeness (QED) is 0.716. The van der Waals surface area contributed by atoms with Crippen LogP contribution in [0.25, 0.3) is 11.6 Å². The average molecular weight is 370 g/mol. The largest absolute Gasteiger partial charge is 0.461 e. The average Bonchev–Trinajstić information content (AvgIpc) is 3.31. The van der Waals surface area contributed by atoms with Gasteiger partial charge < -0.3 is 13.9 Å². The van der Waals surface area contributed by atoms with Gasteiger partial charge in [0.1, 0.15) is 5.82 Å². The number of hydrogen-bond acceptors (Lipinski definition) is 6. The van der Waals surface area contributed by atoms with E-state index >= 15 is 0 Å². The zero-order chi connectivity index (χ0) is 18.8. The van der Waals surface area contributed by atoms with Gasteiger partial charge in [-0.3, -0.25) is 9.78 Å². The molecule has 0 aromatic carbocycles. The molecule has 27 heavy (non-hydrogen) atoms. The fourth-order valence-corrected chi connectivity index (χ4v) is 3.41. The van der Waals surface area contributed by atoms with E-state index in [1.807, 2.05) is 16.8 Å². The second-order valence-electron chi connectivity index (χ2n) is 6.86. The third-order valence-corrected chi connectivity index (χ3v) is 4.95. The monoisotopic (exact) mass is 370 g/mol. The highest BCUT2D eigenvalue weighted by Gasteiger charge is 2.24. The molecule has 9 heteroatoms. The molecule has 0 unspecified atom stereocenters. The first kappa shape index (κ1) is 17.5. The van der Waals surface area contributed by atoms with Crippen LogP contribution in [-0.4, -0.2) is 49.4 Å². The number of aryl methyl sites for hydroxylation is 2. The summed E-state index contributed by atoms with van der Waals surface area (Å²) in [6.07, 6.45) is 5.65. The summed E-state index contributed by atoms with van der Waals surface area (Å²) in [5, 5.41) is 4.70. The van der Waals surface area contributed by atoms with Crippen molar-refractivity contribution in [2.75, 3.05) is 20.1 Å². The van der Waals surface area contributed by atoms with Gasteiger partial charge in [0.05, 0.1) is 12.3 Å². The molecular weight excluding hydrogens is 348 g/mol. The van der Waals surface area contributed by atoms with Crippen molar-refractivity contribution < 1.29 is 4.42 Å².